The lowest BCUT2D eigenvalue weighted by atomic mass is 9.92. The first kappa shape index (κ1) is 14.6. The van der Waals surface area contributed by atoms with E-state index in [0.717, 1.165) is 5.69 Å². The van der Waals surface area contributed by atoms with E-state index >= 15 is 0 Å². The van der Waals surface area contributed by atoms with Crippen LogP contribution in [-0.4, -0.2) is 46.8 Å². The number of hydrogen-bond donors (Lipinski definition) is 0. The molecule has 2 saturated heterocycles. The molecule has 1 amide bonds. The van der Waals surface area contributed by atoms with Gasteiger partial charge in [0.25, 0.3) is 11.5 Å². The van der Waals surface area contributed by atoms with Crippen molar-refractivity contribution < 1.29 is 19.1 Å². The topological polar surface area (TPSA) is 77.8 Å². The summed E-state index contributed by atoms with van der Waals surface area (Å²) in [5.41, 5.74) is 0.0744. The summed E-state index contributed by atoms with van der Waals surface area (Å²) in [6.45, 7) is 2.92. The molecule has 0 saturated carbocycles. The smallest absolute Gasteiger partial charge is 0.430 e. The lowest BCUT2D eigenvalue weighted by Gasteiger charge is -2.36. The molecule has 22 heavy (non-hydrogen) atoms. The number of ether oxygens (including phenoxy) is 2. The Bertz CT molecular complexity index is 686. The lowest BCUT2D eigenvalue weighted by Crippen LogP contribution is -2.49. The van der Waals surface area contributed by atoms with Gasteiger partial charge in [0.05, 0.1) is 0 Å². The third-order valence-corrected chi connectivity index (χ3v) is 4.50. The summed E-state index contributed by atoms with van der Waals surface area (Å²) < 4.78 is 11.5. The number of piperidine rings is 1. The van der Waals surface area contributed by atoms with Crippen molar-refractivity contribution in [3.05, 3.63) is 33.7 Å². The van der Waals surface area contributed by atoms with Crippen molar-refractivity contribution in [2.24, 2.45) is 7.05 Å². The molecule has 0 bridgehead atoms. The van der Waals surface area contributed by atoms with E-state index in [0.29, 0.717) is 25.9 Å². The van der Waals surface area contributed by atoms with Crippen LogP contribution < -0.4 is 5.56 Å². The highest BCUT2D eigenvalue weighted by molar-refractivity contribution is 5.94. The number of hydrogen-bond acceptors (Lipinski definition) is 5. The van der Waals surface area contributed by atoms with Gasteiger partial charge in [0.1, 0.15) is 12.2 Å². The monoisotopic (exact) mass is 306 g/mol. The number of rotatable bonds is 1. The average molecular weight is 306 g/mol. The largest absolute Gasteiger partial charge is 0.509 e. The van der Waals surface area contributed by atoms with E-state index < -0.39 is 11.8 Å². The maximum atomic E-state index is 12.5. The molecule has 0 atom stereocenters. The Morgan fingerprint density at radius 3 is 2.50 bits per heavy atom. The Morgan fingerprint density at radius 2 is 1.91 bits per heavy atom. The van der Waals surface area contributed by atoms with E-state index in [1.807, 2.05) is 6.92 Å². The quantitative estimate of drug-likeness (QED) is 0.718. The van der Waals surface area contributed by atoms with Crippen molar-refractivity contribution in [2.45, 2.75) is 25.4 Å². The van der Waals surface area contributed by atoms with Gasteiger partial charge in [0, 0.05) is 38.7 Å². The van der Waals surface area contributed by atoms with Gasteiger partial charge < -0.3 is 18.9 Å². The first-order valence-electron chi connectivity index (χ1n) is 7.24. The second-order valence-electron chi connectivity index (χ2n) is 5.87. The molecule has 2 fully saturated rings. The molecule has 0 unspecified atom stereocenters. The molecule has 3 heterocycles. The molecule has 7 nitrogen and oxygen atoms in total. The predicted molar refractivity (Wildman–Crippen MR) is 76.7 cm³/mol. The van der Waals surface area contributed by atoms with Crippen molar-refractivity contribution in [2.75, 3.05) is 19.7 Å². The third-order valence-electron chi connectivity index (χ3n) is 4.50. The minimum atomic E-state index is -0.646. The van der Waals surface area contributed by atoms with E-state index in [9.17, 15) is 14.4 Å². The number of aryl methyl sites for hydroxylation is 1. The SMILES string of the molecule is Cc1ccc(C(=O)N2CCC3(CC2)COC(=O)O3)c(=O)n1C. The van der Waals surface area contributed by atoms with Crippen LogP contribution in [-0.2, 0) is 16.5 Å². The van der Waals surface area contributed by atoms with Gasteiger partial charge in [-0.25, -0.2) is 4.79 Å². The van der Waals surface area contributed by atoms with Crippen LogP contribution in [0.1, 0.15) is 28.9 Å². The zero-order valence-electron chi connectivity index (χ0n) is 12.6. The number of likely N-dealkylation sites (tertiary alicyclic amines) is 1. The number of amides is 1. The van der Waals surface area contributed by atoms with Crippen LogP contribution in [0.15, 0.2) is 16.9 Å². The number of carbonyl (C=O) groups is 2. The average Bonchev–Trinajstić information content (AvgIpc) is 2.86. The molecule has 1 spiro atoms. The minimum absolute atomic E-state index is 0.170. The maximum Gasteiger partial charge on any atom is 0.509 e. The Morgan fingerprint density at radius 1 is 1.23 bits per heavy atom. The van der Waals surface area contributed by atoms with E-state index in [1.165, 1.54) is 4.57 Å². The maximum absolute atomic E-state index is 12.5. The fourth-order valence-corrected chi connectivity index (χ4v) is 2.85. The second-order valence-corrected chi connectivity index (χ2v) is 5.87. The Hall–Kier alpha value is -2.31. The van der Waals surface area contributed by atoms with E-state index in [1.54, 1.807) is 24.1 Å². The molecule has 0 aromatic carbocycles. The van der Waals surface area contributed by atoms with Crippen LogP contribution in [0.25, 0.3) is 0 Å². The summed E-state index contributed by atoms with van der Waals surface area (Å²) in [5.74, 6) is -0.277. The molecule has 3 rings (SSSR count). The highest BCUT2D eigenvalue weighted by Gasteiger charge is 2.45. The zero-order valence-corrected chi connectivity index (χ0v) is 12.6. The Kier molecular flexibility index (Phi) is 3.42. The molecular formula is C15H18N2O5. The normalized spacial score (nSPS) is 19.9. The summed E-state index contributed by atoms with van der Waals surface area (Å²) >= 11 is 0. The number of pyridine rings is 1. The standard InChI is InChI=1S/C15H18N2O5/c1-10-3-4-11(12(18)16(10)2)13(19)17-7-5-15(6-8-17)9-21-14(20)22-15/h3-4H,5-9H2,1-2H3. The van der Waals surface area contributed by atoms with Crippen LogP contribution in [0.4, 0.5) is 4.79 Å². The van der Waals surface area contributed by atoms with Gasteiger partial charge in [-0.2, -0.15) is 0 Å². The van der Waals surface area contributed by atoms with E-state index in [-0.39, 0.29) is 23.6 Å². The summed E-state index contributed by atoms with van der Waals surface area (Å²) in [6, 6.07) is 3.33. The van der Waals surface area contributed by atoms with Gasteiger partial charge in [-0.1, -0.05) is 0 Å². The molecule has 2 aliphatic heterocycles. The van der Waals surface area contributed by atoms with Crippen molar-refractivity contribution in [3.63, 3.8) is 0 Å². The summed E-state index contributed by atoms with van der Waals surface area (Å²) in [5, 5.41) is 0. The van der Waals surface area contributed by atoms with Crippen LogP contribution in [0, 0.1) is 6.92 Å². The molecule has 0 N–H and O–H groups in total. The molecule has 0 aliphatic carbocycles. The van der Waals surface area contributed by atoms with Gasteiger partial charge in [-0.05, 0) is 19.1 Å². The fourth-order valence-electron chi connectivity index (χ4n) is 2.85. The minimum Gasteiger partial charge on any atom is -0.430 e. The van der Waals surface area contributed by atoms with E-state index in [4.69, 9.17) is 9.47 Å². The predicted octanol–water partition coefficient (Wildman–Crippen LogP) is 0.835. The summed E-state index contributed by atoms with van der Waals surface area (Å²) in [4.78, 5) is 37.4. The second kappa shape index (κ2) is 5.15. The third kappa shape index (κ3) is 2.36. The summed E-state index contributed by atoms with van der Waals surface area (Å²) in [6.07, 6.45) is 0.403. The number of carbonyl (C=O) groups excluding carboxylic acids is 2. The van der Waals surface area contributed by atoms with Crippen LogP contribution in [0.2, 0.25) is 0 Å². The molecule has 1 aromatic rings. The Balaban J connectivity index is 1.74. The number of aromatic nitrogens is 1. The Labute approximate surface area is 127 Å². The molecule has 118 valence electrons. The first-order chi connectivity index (χ1) is 10.4. The van der Waals surface area contributed by atoms with Crippen molar-refractivity contribution >= 4 is 12.1 Å². The molecule has 7 heteroatoms. The highest BCUT2D eigenvalue weighted by atomic mass is 16.8. The van der Waals surface area contributed by atoms with Gasteiger partial charge in [0.15, 0.2) is 5.60 Å². The molecule has 0 radical (unpaired) electrons. The van der Waals surface area contributed by atoms with Crippen LogP contribution in [0.5, 0.6) is 0 Å². The van der Waals surface area contributed by atoms with Crippen molar-refractivity contribution in [3.8, 4) is 0 Å². The van der Waals surface area contributed by atoms with Gasteiger partial charge in [-0.3, -0.25) is 9.59 Å². The van der Waals surface area contributed by atoms with E-state index in [2.05, 4.69) is 0 Å². The first-order valence-corrected chi connectivity index (χ1v) is 7.24. The number of cyclic esters (lactones) is 1. The fraction of sp³-hybridized carbons (Fsp3) is 0.533. The van der Waals surface area contributed by atoms with Crippen molar-refractivity contribution in [1.29, 1.82) is 0 Å². The van der Waals surface area contributed by atoms with Crippen molar-refractivity contribution in [1.82, 2.24) is 9.47 Å². The zero-order chi connectivity index (χ0) is 15.9. The molecular weight excluding hydrogens is 288 g/mol. The van der Waals surface area contributed by atoms with Gasteiger partial charge in [-0.15, -0.1) is 0 Å². The lowest BCUT2D eigenvalue weighted by molar-refractivity contribution is 0.00275. The van der Waals surface area contributed by atoms with Gasteiger partial charge in [0.2, 0.25) is 0 Å². The van der Waals surface area contributed by atoms with Gasteiger partial charge >= 0.3 is 6.16 Å². The summed E-state index contributed by atoms with van der Waals surface area (Å²) in [7, 11) is 1.65. The highest BCUT2D eigenvalue weighted by Crippen LogP contribution is 2.31. The molecule has 1 aromatic heterocycles. The molecule has 2 aliphatic rings. The number of nitrogens with zero attached hydrogens (tertiary/aromatic N) is 2. The van der Waals surface area contributed by atoms with Crippen LogP contribution >= 0.6 is 0 Å². The van der Waals surface area contributed by atoms with Crippen LogP contribution in [0.3, 0.4) is 0 Å².